The molecule has 2 heteroatoms. The third-order valence-electron chi connectivity index (χ3n) is 1.89. The van der Waals surface area contributed by atoms with Gasteiger partial charge in [0.05, 0.1) is 0 Å². The molecule has 0 bridgehead atoms. The minimum absolute atomic E-state index is 0.805. The fourth-order valence-electron chi connectivity index (χ4n) is 1.08. The molecule has 0 N–H and O–H groups in total. The predicted molar refractivity (Wildman–Crippen MR) is 54.8 cm³/mol. The van der Waals surface area contributed by atoms with Crippen molar-refractivity contribution in [1.29, 1.82) is 0 Å². The molecule has 1 aromatic rings. The van der Waals surface area contributed by atoms with Crippen molar-refractivity contribution in [3.8, 4) is 0 Å². The van der Waals surface area contributed by atoms with Gasteiger partial charge in [-0.3, -0.25) is 0 Å². The van der Waals surface area contributed by atoms with Gasteiger partial charge in [0.25, 0.3) is 0 Å². The molecule has 0 aliphatic carbocycles. The Morgan fingerprint density at radius 3 is 2.42 bits per heavy atom. The third kappa shape index (κ3) is 2.34. The Morgan fingerprint density at radius 2 is 1.92 bits per heavy atom. The van der Waals surface area contributed by atoms with Gasteiger partial charge in [-0.1, -0.05) is 0 Å². The zero-order chi connectivity index (χ0) is 9.19. The van der Waals surface area contributed by atoms with Crippen LogP contribution in [0.5, 0.6) is 0 Å². The van der Waals surface area contributed by atoms with E-state index in [0.717, 1.165) is 11.8 Å². The second kappa shape index (κ2) is 3.60. The number of benzene rings is 1. The van der Waals surface area contributed by atoms with Crippen LogP contribution in [0.4, 0.5) is 0 Å². The number of hydrogen-bond acceptors (Lipinski definition) is 1. The quantitative estimate of drug-likeness (QED) is 0.593. The standard InChI is InChI=1S/C7H5O.3CH3.Sn/c8-6-7-4-2-1-3-5-7;;;;/h1-2,4-6H;3*1H3;. The molecule has 0 saturated carbocycles. The Hall–Kier alpha value is -0.311. The minimum atomic E-state index is -1.94. The van der Waals surface area contributed by atoms with Crippen molar-refractivity contribution in [2.24, 2.45) is 0 Å². The molecule has 0 aliphatic rings. The van der Waals surface area contributed by atoms with Gasteiger partial charge in [-0.15, -0.1) is 0 Å². The van der Waals surface area contributed by atoms with E-state index in [2.05, 4.69) is 20.9 Å². The summed E-state index contributed by atoms with van der Waals surface area (Å²) in [5.74, 6) is 0. The molecule has 0 saturated heterocycles. The van der Waals surface area contributed by atoms with Crippen LogP contribution in [-0.2, 0) is 0 Å². The van der Waals surface area contributed by atoms with E-state index in [1.54, 1.807) is 0 Å². The van der Waals surface area contributed by atoms with Crippen molar-refractivity contribution in [3.63, 3.8) is 0 Å². The first kappa shape index (κ1) is 9.77. The molecule has 0 radical (unpaired) electrons. The van der Waals surface area contributed by atoms with E-state index in [-0.39, 0.29) is 0 Å². The van der Waals surface area contributed by atoms with E-state index in [1.807, 2.05) is 18.2 Å². The van der Waals surface area contributed by atoms with Crippen LogP contribution in [0.25, 0.3) is 0 Å². The van der Waals surface area contributed by atoms with E-state index < -0.39 is 18.4 Å². The van der Waals surface area contributed by atoms with Crippen LogP contribution in [0.2, 0.25) is 14.8 Å². The molecule has 1 rings (SSSR count). The summed E-state index contributed by atoms with van der Waals surface area (Å²) in [4.78, 5) is 17.5. The van der Waals surface area contributed by atoms with E-state index in [9.17, 15) is 4.79 Å². The van der Waals surface area contributed by atoms with Gasteiger partial charge in [0.1, 0.15) is 0 Å². The van der Waals surface area contributed by atoms with Gasteiger partial charge in [0.2, 0.25) is 0 Å². The molecule has 0 aromatic heterocycles. The molecule has 0 heterocycles. The molecule has 1 nitrogen and oxygen atoms in total. The Bertz CT molecular complexity index is 286. The summed E-state index contributed by atoms with van der Waals surface area (Å²) in [5.41, 5.74) is 0.805. The average molecular weight is 269 g/mol. The molecule has 1 aromatic carbocycles. The number of aldehydes is 1. The SMILES string of the molecule is [CH3][Sn]([CH3])([CH3])[c]1cccc(C=O)c1. The summed E-state index contributed by atoms with van der Waals surface area (Å²) in [5, 5.41) is 0. The van der Waals surface area contributed by atoms with Crippen LogP contribution >= 0.6 is 0 Å². The maximum absolute atomic E-state index is 10.5. The van der Waals surface area contributed by atoms with Crippen molar-refractivity contribution >= 4 is 28.2 Å². The molecule has 12 heavy (non-hydrogen) atoms. The summed E-state index contributed by atoms with van der Waals surface area (Å²) in [6.07, 6.45) is 0.918. The molecule has 0 unspecified atom stereocenters. The summed E-state index contributed by atoms with van der Waals surface area (Å²) in [7, 11) is 0. The fraction of sp³-hybridized carbons (Fsp3) is 0.300. The van der Waals surface area contributed by atoms with Gasteiger partial charge in [0, 0.05) is 0 Å². The molecular formula is C10H14OSn. The fourth-order valence-corrected chi connectivity index (χ4v) is 4.49. The van der Waals surface area contributed by atoms with Crippen molar-refractivity contribution < 1.29 is 4.79 Å². The maximum atomic E-state index is 10.5. The first-order valence-corrected chi connectivity index (χ1v) is 14.1. The predicted octanol–water partition coefficient (Wildman–Crippen LogP) is 2.04. The Balaban J connectivity index is 3.10. The summed E-state index contributed by atoms with van der Waals surface area (Å²) < 4.78 is 1.41. The Labute approximate surface area is 77.7 Å². The third-order valence-corrected chi connectivity index (χ3v) is 7.72. The van der Waals surface area contributed by atoms with Crippen molar-refractivity contribution in [1.82, 2.24) is 0 Å². The van der Waals surface area contributed by atoms with Gasteiger partial charge in [-0.05, 0) is 0 Å². The van der Waals surface area contributed by atoms with Crippen molar-refractivity contribution in [2.75, 3.05) is 0 Å². The molecule has 0 amide bonds. The summed E-state index contributed by atoms with van der Waals surface area (Å²) in [6.45, 7) is 0. The van der Waals surface area contributed by atoms with E-state index in [1.165, 1.54) is 3.58 Å². The van der Waals surface area contributed by atoms with Gasteiger partial charge in [0.15, 0.2) is 0 Å². The van der Waals surface area contributed by atoms with Crippen LogP contribution in [-0.4, -0.2) is 24.7 Å². The van der Waals surface area contributed by atoms with Crippen LogP contribution in [0, 0.1) is 0 Å². The number of hydrogen-bond donors (Lipinski definition) is 0. The topological polar surface area (TPSA) is 17.1 Å². The van der Waals surface area contributed by atoms with Crippen LogP contribution < -0.4 is 3.58 Å². The first-order chi connectivity index (χ1) is 5.54. The summed E-state index contributed by atoms with van der Waals surface area (Å²) >= 11 is -1.94. The van der Waals surface area contributed by atoms with E-state index in [4.69, 9.17) is 0 Å². The molecule has 0 atom stereocenters. The van der Waals surface area contributed by atoms with Crippen molar-refractivity contribution in [3.05, 3.63) is 29.8 Å². The number of carbonyl (C=O) groups excluding carboxylic acids is 1. The molecule has 0 aliphatic heterocycles. The zero-order valence-corrected chi connectivity index (χ0v) is 10.6. The normalized spacial score (nSPS) is 11.2. The van der Waals surface area contributed by atoms with Gasteiger partial charge < -0.3 is 0 Å². The van der Waals surface area contributed by atoms with E-state index >= 15 is 0 Å². The summed E-state index contributed by atoms with van der Waals surface area (Å²) in [6, 6.07) is 8.00. The monoisotopic (exact) mass is 270 g/mol. The Morgan fingerprint density at radius 1 is 1.25 bits per heavy atom. The molecule has 0 spiro atoms. The number of carbonyl (C=O) groups is 1. The zero-order valence-electron chi connectivity index (χ0n) is 7.79. The van der Waals surface area contributed by atoms with Crippen LogP contribution in [0.15, 0.2) is 24.3 Å². The molecule has 0 fully saturated rings. The van der Waals surface area contributed by atoms with Crippen LogP contribution in [0.1, 0.15) is 10.4 Å². The van der Waals surface area contributed by atoms with Crippen molar-refractivity contribution in [2.45, 2.75) is 14.8 Å². The second-order valence-corrected chi connectivity index (χ2v) is 18.5. The number of rotatable bonds is 2. The Kier molecular flexibility index (Phi) is 2.93. The molecular weight excluding hydrogens is 255 g/mol. The first-order valence-electron chi connectivity index (χ1n) is 4.10. The van der Waals surface area contributed by atoms with Gasteiger partial charge in [-0.2, -0.15) is 0 Å². The van der Waals surface area contributed by atoms with Gasteiger partial charge >= 0.3 is 77.7 Å². The van der Waals surface area contributed by atoms with Crippen LogP contribution in [0.3, 0.4) is 0 Å². The average Bonchev–Trinajstić information content (AvgIpc) is 2.03. The van der Waals surface area contributed by atoms with E-state index in [0.29, 0.717) is 0 Å². The second-order valence-electron chi connectivity index (χ2n) is 3.99. The van der Waals surface area contributed by atoms with Gasteiger partial charge in [-0.25, -0.2) is 0 Å². The molecule has 64 valence electrons.